The minimum atomic E-state index is -0.187. The van der Waals surface area contributed by atoms with E-state index in [1.807, 2.05) is 18.2 Å². The van der Waals surface area contributed by atoms with Crippen LogP contribution in [0.3, 0.4) is 0 Å². The van der Waals surface area contributed by atoms with Crippen LogP contribution in [0, 0.1) is 13.8 Å². The number of aryl methyl sites for hydroxylation is 3. The molecule has 5 heteroatoms. The van der Waals surface area contributed by atoms with Gasteiger partial charge in [-0.25, -0.2) is 0 Å². The molecule has 124 valence electrons. The Balaban J connectivity index is 2.15. The molecule has 0 radical (unpaired) electrons. The first kappa shape index (κ1) is 17.0. The van der Waals surface area contributed by atoms with E-state index in [1.165, 1.54) is 15.8 Å². The van der Waals surface area contributed by atoms with Gasteiger partial charge in [0.25, 0.3) is 5.91 Å². The number of rotatable bonds is 4. The molecule has 3 nitrogen and oxygen atoms in total. The van der Waals surface area contributed by atoms with Crippen molar-refractivity contribution in [2.75, 3.05) is 12.0 Å². The number of thiazole rings is 1. The molecule has 3 aromatic rings. The van der Waals surface area contributed by atoms with Gasteiger partial charge in [0.1, 0.15) is 0 Å². The molecule has 0 fully saturated rings. The highest BCUT2D eigenvalue weighted by molar-refractivity contribution is 7.98. The molecule has 1 aromatic heterocycles. The van der Waals surface area contributed by atoms with Gasteiger partial charge in [0.15, 0.2) is 4.80 Å². The number of aromatic nitrogens is 1. The number of carbonyl (C=O) groups is 1. The van der Waals surface area contributed by atoms with Crippen LogP contribution in [-0.2, 0) is 6.54 Å². The lowest BCUT2D eigenvalue weighted by molar-refractivity contribution is 0.0998. The van der Waals surface area contributed by atoms with Gasteiger partial charge in [0, 0.05) is 17.9 Å². The van der Waals surface area contributed by atoms with Crippen molar-refractivity contribution in [1.29, 1.82) is 0 Å². The number of carbonyl (C=O) groups excluding carboxylic acids is 1. The number of hydrogen-bond donors (Lipinski definition) is 0. The molecular formula is C19H20N2OS2. The second-order valence-electron chi connectivity index (χ2n) is 5.72. The van der Waals surface area contributed by atoms with Crippen molar-refractivity contribution >= 4 is 39.2 Å². The molecule has 0 atom stereocenters. The predicted octanol–water partition coefficient (Wildman–Crippen LogP) is 4.42. The van der Waals surface area contributed by atoms with Crippen molar-refractivity contribution in [3.05, 3.63) is 64.0 Å². The highest BCUT2D eigenvalue weighted by Gasteiger charge is 2.10. The number of nitrogens with zero attached hydrogens (tertiary/aromatic N) is 2. The quantitative estimate of drug-likeness (QED) is 0.693. The molecule has 1 amide bonds. The van der Waals surface area contributed by atoms with Crippen molar-refractivity contribution in [2.24, 2.45) is 4.99 Å². The molecule has 1 heterocycles. The van der Waals surface area contributed by atoms with E-state index in [0.717, 1.165) is 22.6 Å². The Bertz CT molecular complexity index is 939. The highest BCUT2D eigenvalue weighted by Crippen LogP contribution is 2.22. The predicted molar refractivity (Wildman–Crippen MR) is 104 cm³/mol. The van der Waals surface area contributed by atoms with Gasteiger partial charge in [-0.2, -0.15) is 16.8 Å². The summed E-state index contributed by atoms with van der Waals surface area (Å²) in [4.78, 5) is 17.7. The monoisotopic (exact) mass is 356 g/mol. The fourth-order valence-electron chi connectivity index (χ4n) is 2.54. The summed E-state index contributed by atoms with van der Waals surface area (Å²) in [6.45, 7) is 5.09. The second kappa shape index (κ2) is 7.36. The lowest BCUT2D eigenvalue weighted by atomic mass is 10.1. The molecule has 24 heavy (non-hydrogen) atoms. The first-order valence-corrected chi connectivity index (χ1v) is 10.0. The van der Waals surface area contributed by atoms with E-state index in [4.69, 9.17) is 0 Å². The van der Waals surface area contributed by atoms with E-state index in [0.29, 0.717) is 5.56 Å². The topological polar surface area (TPSA) is 34.4 Å². The normalized spacial score (nSPS) is 12.0. The van der Waals surface area contributed by atoms with E-state index in [9.17, 15) is 4.79 Å². The fourth-order valence-corrected chi connectivity index (χ4v) is 4.04. The average molecular weight is 357 g/mol. The maximum Gasteiger partial charge on any atom is 0.279 e. The van der Waals surface area contributed by atoms with Crippen LogP contribution in [0.25, 0.3) is 10.2 Å². The number of amides is 1. The highest BCUT2D eigenvalue weighted by atomic mass is 32.2. The van der Waals surface area contributed by atoms with E-state index in [2.05, 4.69) is 41.8 Å². The van der Waals surface area contributed by atoms with Gasteiger partial charge in [-0.15, -0.1) is 0 Å². The van der Waals surface area contributed by atoms with E-state index in [-0.39, 0.29) is 5.91 Å². The number of thioether (sulfide) groups is 1. The zero-order valence-corrected chi connectivity index (χ0v) is 15.7. The molecule has 0 saturated carbocycles. The van der Waals surface area contributed by atoms with Crippen LogP contribution in [-0.4, -0.2) is 22.5 Å². The van der Waals surface area contributed by atoms with Gasteiger partial charge in [-0.05, 0) is 55.5 Å². The van der Waals surface area contributed by atoms with Gasteiger partial charge in [-0.3, -0.25) is 4.79 Å². The molecule has 2 aromatic carbocycles. The third kappa shape index (κ3) is 3.47. The van der Waals surface area contributed by atoms with Crippen LogP contribution in [0.5, 0.6) is 0 Å². The number of hydrogen-bond acceptors (Lipinski definition) is 3. The Labute approximate surface area is 150 Å². The largest absolute Gasteiger partial charge is 0.315 e. The van der Waals surface area contributed by atoms with Crippen molar-refractivity contribution in [3.8, 4) is 0 Å². The van der Waals surface area contributed by atoms with Crippen molar-refractivity contribution in [1.82, 2.24) is 4.57 Å². The van der Waals surface area contributed by atoms with Crippen LogP contribution >= 0.6 is 23.1 Å². The summed E-state index contributed by atoms with van der Waals surface area (Å²) >= 11 is 3.38. The van der Waals surface area contributed by atoms with Crippen LogP contribution in [0.4, 0.5) is 0 Å². The minimum Gasteiger partial charge on any atom is -0.315 e. The molecule has 0 aliphatic heterocycles. The van der Waals surface area contributed by atoms with Gasteiger partial charge >= 0.3 is 0 Å². The molecule has 0 aliphatic carbocycles. The first-order valence-electron chi connectivity index (χ1n) is 7.84. The molecule has 0 spiro atoms. The van der Waals surface area contributed by atoms with Crippen LogP contribution < -0.4 is 4.80 Å². The van der Waals surface area contributed by atoms with Gasteiger partial charge in [0.05, 0.1) is 10.2 Å². The van der Waals surface area contributed by atoms with Crippen LogP contribution in [0.1, 0.15) is 21.5 Å². The summed E-state index contributed by atoms with van der Waals surface area (Å²) in [6, 6.07) is 13.6. The summed E-state index contributed by atoms with van der Waals surface area (Å²) in [6.07, 6.45) is 2.09. The molecular weight excluding hydrogens is 336 g/mol. The second-order valence-corrected chi connectivity index (χ2v) is 7.71. The average Bonchev–Trinajstić information content (AvgIpc) is 2.90. The number of fused-ring (bicyclic) bond motifs is 1. The standard InChI is InChI=1S/C19H20N2OS2/c1-13-11-16-17(12-14(13)2)24-19(21(16)9-10-23-3)20-18(22)15-7-5-4-6-8-15/h4-8,11-12H,9-10H2,1-3H3. The molecule has 0 saturated heterocycles. The molecule has 0 bridgehead atoms. The van der Waals surface area contributed by atoms with Crippen LogP contribution in [0.2, 0.25) is 0 Å². The Morgan fingerprint density at radius 3 is 2.58 bits per heavy atom. The van der Waals surface area contributed by atoms with Crippen molar-refractivity contribution in [2.45, 2.75) is 20.4 Å². The number of benzene rings is 2. The third-order valence-corrected chi connectivity index (χ3v) is 5.67. The third-order valence-electron chi connectivity index (χ3n) is 4.04. The molecule has 0 N–H and O–H groups in total. The van der Waals surface area contributed by atoms with E-state index in [1.54, 1.807) is 35.2 Å². The SMILES string of the molecule is CSCCn1c(=NC(=O)c2ccccc2)sc2cc(C)c(C)cc21. The van der Waals surface area contributed by atoms with Crippen LogP contribution in [0.15, 0.2) is 47.5 Å². The Morgan fingerprint density at radius 2 is 1.88 bits per heavy atom. The lowest BCUT2D eigenvalue weighted by Gasteiger charge is -2.05. The zero-order chi connectivity index (χ0) is 17.1. The molecule has 0 unspecified atom stereocenters. The molecule has 3 rings (SSSR count). The summed E-state index contributed by atoms with van der Waals surface area (Å²) in [7, 11) is 0. The van der Waals surface area contributed by atoms with E-state index < -0.39 is 0 Å². The zero-order valence-electron chi connectivity index (χ0n) is 14.1. The smallest absolute Gasteiger partial charge is 0.279 e. The fraction of sp³-hybridized carbons (Fsp3) is 0.263. The Morgan fingerprint density at radius 1 is 1.17 bits per heavy atom. The minimum absolute atomic E-state index is 0.187. The summed E-state index contributed by atoms with van der Waals surface area (Å²) < 4.78 is 3.35. The Kier molecular flexibility index (Phi) is 5.21. The van der Waals surface area contributed by atoms with Crippen molar-refractivity contribution in [3.63, 3.8) is 0 Å². The summed E-state index contributed by atoms with van der Waals surface area (Å²) in [5, 5.41) is 0. The van der Waals surface area contributed by atoms with Gasteiger partial charge in [-0.1, -0.05) is 29.5 Å². The Hall–Kier alpha value is -1.85. The maximum atomic E-state index is 12.5. The first-order chi connectivity index (χ1) is 11.6. The maximum absolute atomic E-state index is 12.5. The summed E-state index contributed by atoms with van der Waals surface area (Å²) in [5.41, 5.74) is 4.32. The van der Waals surface area contributed by atoms with Crippen molar-refractivity contribution < 1.29 is 4.79 Å². The van der Waals surface area contributed by atoms with Gasteiger partial charge in [0.2, 0.25) is 0 Å². The van der Waals surface area contributed by atoms with Gasteiger partial charge < -0.3 is 4.57 Å². The van der Waals surface area contributed by atoms with E-state index >= 15 is 0 Å². The summed E-state index contributed by atoms with van der Waals surface area (Å²) in [5.74, 6) is 0.805. The molecule has 0 aliphatic rings. The lowest BCUT2D eigenvalue weighted by Crippen LogP contribution is -2.18.